The number of rotatable bonds is 7. The molecule has 0 aliphatic carbocycles. The number of carbonyl (C=O) groups is 2. The van der Waals surface area contributed by atoms with E-state index in [1.54, 1.807) is 0 Å². The second-order valence-electron chi connectivity index (χ2n) is 5.05. The Morgan fingerprint density at radius 3 is 3.00 bits per heavy atom. The number of methoxy groups -OCH3 is 1. The molecule has 1 aromatic heterocycles. The molecule has 1 N–H and O–H groups in total. The van der Waals surface area contributed by atoms with E-state index in [2.05, 4.69) is 15.0 Å². The summed E-state index contributed by atoms with van der Waals surface area (Å²) in [6, 6.07) is 1.51. The van der Waals surface area contributed by atoms with Crippen molar-refractivity contribution in [1.82, 2.24) is 10.3 Å². The Kier molecular flexibility index (Phi) is 6.61. The normalized spacial score (nSPS) is 16.9. The molecule has 0 saturated carbocycles. The zero-order chi connectivity index (χ0) is 16.7. The van der Waals surface area contributed by atoms with E-state index in [9.17, 15) is 9.59 Å². The highest BCUT2D eigenvalue weighted by Gasteiger charge is 2.20. The molecule has 0 bridgehead atoms. The Hall–Kier alpha value is -1.86. The molecule has 1 amide bonds. The topological polar surface area (TPSA) is 86.8 Å². The fourth-order valence-electron chi connectivity index (χ4n) is 2.04. The lowest BCUT2D eigenvalue weighted by Crippen LogP contribution is -2.25. The lowest BCUT2D eigenvalue weighted by Gasteiger charge is -2.12. The van der Waals surface area contributed by atoms with E-state index in [-0.39, 0.29) is 29.4 Å². The summed E-state index contributed by atoms with van der Waals surface area (Å²) in [4.78, 5) is 27.0. The first-order chi connectivity index (χ1) is 11.1. The first-order valence-electron chi connectivity index (χ1n) is 7.35. The van der Waals surface area contributed by atoms with E-state index in [0.717, 1.165) is 6.42 Å². The molecule has 0 radical (unpaired) electrons. The maximum atomic E-state index is 12.0. The second kappa shape index (κ2) is 8.69. The zero-order valence-electron chi connectivity index (χ0n) is 12.8. The van der Waals surface area contributed by atoms with Crippen molar-refractivity contribution in [2.75, 3.05) is 26.9 Å². The van der Waals surface area contributed by atoms with Gasteiger partial charge in [-0.3, -0.25) is 9.59 Å². The largest absolute Gasteiger partial charge is 0.471 e. The molecule has 1 saturated heterocycles. The zero-order valence-corrected chi connectivity index (χ0v) is 13.6. The van der Waals surface area contributed by atoms with Crippen molar-refractivity contribution in [2.45, 2.75) is 25.4 Å². The number of hydrogen-bond donors (Lipinski definition) is 1. The van der Waals surface area contributed by atoms with Crippen LogP contribution in [0.4, 0.5) is 0 Å². The molecule has 1 fully saturated rings. The number of aromatic nitrogens is 1. The maximum absolute atomic E-state index is 12.0. The summed E-state index contributed by atoms with van der Waals surface area (Å²) >= 11 is 6.10. The summed E-state index contributed by atoms with van der Waals surface area (Å²) in [6.07, 6.45) is 2.90. The minimum absolute atomic E-state index is 0.0574. The first kappa shape index (κ1) is 17.5. The molecule has 0 aromatic carbocycles. The smallest absolute Gasteiger partial charge is 0.305 e. The van der Waals surface area contributed by atoms with Crippen LogP contribution in [0.1, 0.15) is 29.6 Å². The van der Waals surface area contributed by atoms with Gasteiger partial charge >= 0.3 is 5.97 Å². The van der Waals surface area contributed by atoms with E-state index in [4.69, 9.17) is 21.1 Å². The lowest BCUT2D eigenvalue weighted by molar-refractivity contribution is -0.140. The summed E-state index contributed by atoms with van der Waals surface area (Å²) < 4.78 is 15.4. The molecule has 1 aliphatic heterocycles. The molecule has 23 heavy (non-hydrogen) atoms. The molecule has 8 heteroatoms. The number of nitrogens with zero attached hydrogens (tertiary/aromatic N) is 1. The van der Waals surface area contributed by atoms with Gasteiger partial charge in [0.25, 0.3) is 5.91 Å². The monoisotopic (exact) mass is 342 g/mol. The van der Waals surface area contributed by atoms with E-state index in [1.165, 1.54) is 19.4 Å². The quantitative estimate of drug-likeness (QED) is 0.598. The van der Waals surface area contributed by atoms with Crippen LogP contribution in [0.25, 0.3) is 0 Å². The highest BCUT2D eigenvalue weighted by Crippen LogP contribution is 2.25. The third-order valence-corrected chi connectivity index (χ3v) is 3.58. The average Bonchev–Trinajstić information content (AvgIpc) is 3.06. The van der Waals surface area contributed by atoms with Gasteiger partial charge in [-0.05, 0) is 12.5 Å². The van der Waals surface area contributed by atoms with Crippen molar-refractivity contribution in [2.24, 2.45) is 0 Å². The van der Waals surface area contributed by atoms with Gasteiger partial charge in [-0.25, -0.2) is 4.98 Å². The lowest BCUT2D eigenvalue weighted by atomic mass is 10.2. The predicted molar refractivity (Wildman–Crippen MR) is 82.7 cm³/mol. The Bertz CT molecular complexity index is 561. The van der Waals surface area contributed by atoms with Gasteiger partial charge in [0.1, 0.15) is 11.1 Å². The van der Waals surface area contributed by atoms with Gasteiger partial charge < -0.3 is 19.5 Å². The van der Waals surface area contributed by atoms with E-state index >= 15 is 0 Å². The highest BCUT2D eigenvalue weighted by molar-refractivity contribution is 6.32. The Morgan fingerprint density at radius 1 is 1.52 bits per heavy atom. The number of halogens is 1. The van der Waals surface area contributed by atoms with Gasteiger partial charge in [-0.15, -0.1) is 0 Å². The molecular formula is C15H19ClN2O5. The van der Waals surface area contributed by atoms with Gasteiger partial charge in [0.05, 0.1) is 25.9 Å². The Labute approximate surface area is 139 Å². The van der Waals surface area contributed by atoms with Gasteiger partial charge in [-0.1, -0.05) is 11.6 Å². The highest BCUT2D eigenvalue weighted by atomic mass is 35.5. The molecule has 7 nitrogen and oxygen atoms in total. The summed E-state index contributed by atoms with van der Waals surface area (Å²) in [5, 5.41) is 2.97. The van der Waals surface area contributed by atoms with E-state index in [1.807, 2.05) is 0 Å². The summed E-state index contributed by atoms with van der Waals surface area (Å²) in [5.74, 6) is -0.314. The molecule has 0 spiro atoms. The van der Waals surface area contributed by atoms with Crippen molar-refractivity contribution in [3.8, 4) is 5.88 Å². The summed E-state index contributed by atoms with van der Waals surface area (Å²) in [6.45, 7) is 1.54. The van der Waals surface area contributed by atoms with Gasteiger partial charge in [-0.2, -0.15) is 0 Å². The van der Waals surface area contributed by atoms with Crippen LogP contribution >= 0.6 is 11.6 Å². The number of ether oxygens (including phenoxy) is 3. The predicted octanol–water partition coefficient (Wildman–Crippen LogP) is 1.59. The first-order valence-corrected chi connectivity index (χ1v) is 7.73. The maximum Gasteiger partial charge on any atom is 0.305 e. The molecule has 126 valence electrons. The van der Waals surface area contributed by atoms with Crippen LogP contribution in [0.2, 0.25) is 5.02 Å². The third kappa shape index (κ3) is 5.37. The second-order valence-corrected chi connectivity index (χ2v) is 5.46. The van der Waals surface area contributed by atoms with Gasteiger partial charge in [0, 0.05) is 25.6 Å². The Balaban J connectivity index is 1.83. The minimum atomic E-state index is -0.306. The number of hydrogen-bond acceptors (Lipinski definition) is 6. The Morgan fingerprint density at radius 2 is 2.35 bits per heavy atom. The van der Waals surface area contributed by atoms with Gasteiger partial charge in [0.2, 0.25) is 5.88 Å². The van der Waals surface area contributed by atoms with Crippen molar-refractivity contribution in [1.29, 1.82) is 0 Å². The standard InChI is InChI=1S/C15H19ClN2O5/c1-21-13(19)3-2-5-17-14(20)10-7-12(16)15(18-8-10)23-11-4-6-22-9-11/h7-8,11H,2-6,9H2,1H3,(H,17,20)/t11-/m1/s1. The third-order valence-electron chi connectivity index (χ3n) is 3.31. The van der Waals surface area contributed by atoms with Crippen LogP contribution < -0.4 is 10.1 Å². The molecule has 1 aliphatic rings. The number of amides is 1. The van der Waals surface area contributed by atoms with Crippen LogP contribution in [0, 0.1) is 0 Å². The van der Waals surface area contributed by atoms with Crippen molar-refractivity contribution < 1.29 is 23.8 Å². The summed E-state index contributed by atoms with van der Waals surface area (Å²) in [5.41, 5.74) is 0.336. The van der Waals surface area contributed by atoms with Crippen LogP contribution in [0.3, 0.4) is 0 Å². The molecule has 2 rings (SSSR count). The molecule has 1 aromatic rings. The van der Waals surface area contributed by atoms with E-state index in [0.29, 0.717) is 37.6 Å². The number of nitrogens with one attached hydrogen (secondary N) is 1. The SMILES string of the molecule is COC(=O)CCCNC(=O)c1cnc(O[C@@H]2CCOC2)c(Cl)c1. The van der Waals surface area contributed by atoms with E-state index < -0.39 is 0 Å². The number of carbonyl (C=O) groups excluding carboxylic acids is 2. The minimum Gasteiger partial charge on any atom is -0.471 e. The number of pyridine rings is 1. The molecule has 2 heterocycles. The van der Waals surface area contributed by atoms with Crippen molar-refractivity contribution in [3.05, 3.63) is 22.8 Å². The van der Waals surface area contributed by atoms with Crippen molar-refractivity contribution in [3.63, 3.8) is 0 Å². The fourth-order valence-corrected chi connectivity index (χ4v) is 2.25. The fraction of sp³-hybridized carbons (Fsp3) is 0.533. The van der Waals surface area contributed by atoms with Gasteiger partial charge in [0.15, 0.2) is 0 Å². The van der Waals surface area contributed by atoms with Crippen molar-refractivity contribution >= 4 is 23.5 Å². The van der Waals surface area contributed by atoms with Crippen LogP contribution in [-0.2, 0) is 14.3 Å². The molecule has 0 unspecified atom stereocenters. The van der Waals surface area contributed by atoms with Crippen LogP contribution in [0.15, 0.2) is 12.3 Å². The molecular weight excluding hydrogens is 324 g/mol. The van der Waals surface area contributed by atoms with Crippen LogP contribution in [-0.4, -0.2) is 49.8 Å². The van der Waals surface area contributed by atoms with Crippen LogP contribution in [0.5, 0.6) is 5.88 Å². The summed E-state index contributed by atoms with van der Waals surface area (Å²) in [7, 11) is 1.33. The average molecular weight is 343 g/mol. The number of esters is 1. The molecule has 1 atom stereocenters.